The maximum absolute atomic E-state index is 12.2. The molecule has 106 valence electrons. The van der Waals surface area contributed by atoms with Gasteiger partial charge in [0.05, 0.1) is 11.1 Å². The average Bonchev–Trinajstić information content (AvgIpc) is 2.93. The molecule has 8 nitrogen and oxygen atoms in total. The highest BCUT2D eigenvalue weighted by Gasteiger charge is 2.24. The molecule has 9 heteroatoms. The van der Waals surface area contributed by atoms with Crippen molar-refractivity contribution in [3.05, 3.63) is 52.3 Å². The van der Waals surface area contributed by atoms with Gasteiger partial charge >= 0.3 is 0 Å². The van der Waals surface area contributed by atoms with E-state index in [9.17, 15) is 18.5 Å². The number of benzene rings is 1. The van der Waals surface area contributed by atoms with E-state index >= 15 is 0 Å². The number of aromatic nitrogens is 2. The molecule has 1 aromatic heterocycles. The summed E-state index contributed by atoms with van der Waals surface area (Å²) in [4.78, 5) is 10.4. The van der Waals surface area contributed by atoms with E-state index in [4.69, 9.17) is 0 Å². The quantitative estimate of drug-likeness (QED) is 0.657. The lowest BCUT2D eigenvalue weighted by Gasteiger charge is -2.15. The molecule has 0 aliphatic heterocycles. The third-order valence-electron chi connectivity index (χ3n) is 2.76. The highest BCUT2D eigenvalue weighted by molar-refractivity contribution is 7.89. The second kappa shape index (κ2) is 5.39. The van der Waals surface area contributed by atoms with Crippen LogP contribution in [-0.2, 0) is 16.6 Å². The fraction of sp³-hybridized carbons (Fsp3) is 0.182. The van der Waals surface area contributed by atoms with Gasteiger partial charge in [-0.25, -0.2) is 8.42 Å². The molecule has 0 radical (unpaired) electrons. The Hall–Kier alpha value is -2.26. The predicted octanol–water partition coefficient (Wildman–Crippen LogP) is 1.14. The molecule has 0 aliphatic carbocycles. The van der Waals surface area contributed by atoms with Crippen LogP contribution in [0.5, 0.6) is 0 Å². The Kier molecular flexibility index (Phi) is 3.81. The normalized spacial score (nSPS) is 11.7. The smallest absolute Gasteiger partial charge is 0.273 e. The van der Waals surface area contributed by atoms with Crippen LogP contribution in [0, 0.1) is 10.1 Å². The van der Waals surface area contributed by atoms with Gasteiger partial charge in [-0.1, -0.05) is 18.2 Å². The number of para-hydroxylation sites is 1. The first-order valence-corrected chi connectivity index (χ1v) is 7.04. The van der Waals surface area contributed by atoms with Crippen LogP contribution >= 0.6 is 0 Å². The summed E-state index contributed by atoms with van der Waals surface area (Å²) in [5.41, 5.74) is 0.216. The van der Waals surface area contributed by atoms with Crippen molar-refractivity contribution in [2.45, 2.75) is 11.4 Å². The van der Waals surface area contributed by atoms with Gasteiger partial charge < -0.3 is 0 Å². The third-order valence-corrected chi connectivity index (χ3v) is 4.53. The van der Waals surface area contributed by atoms with Crippen LogP contribution in [-0.4, -0.2) is 34.9 Å². The molecular formula is C11H12N4O4S. The number of hydrogen-bond acceptors (Lipinski definition) is 5. The van der Waals surface area contributed by atoms with Crippen molar-refractivity contribution in [3.8, 4) is 0 Å². The van der Waals surface area contributed by atoms with E-state index in [2.05, 4.69) is 10.2 Å². The lowest BCUT2D eigenvalue weighted by atomic mass is 10.2. The number of rotatable bonds is 5. The van der Waals surface area contributed by atoms with Gasteiger partial charge in [0, 0.05) is 31.4 Å². The number of nitro groups is 1. The molecule has 20 heavy (non-hydrogen) atoms. The zero-order chi connectivity index (χ0) is 14.8. The fourth-order valence-electron chi connectivity index (χ4n) is 1.71. The van der Waals surface area contributed by atoms with Crippen LogP contribution < -0.4 is 0 Å². The lowest BCUT2D eigenvalue weighted by Crippen LogP contribution is -2.26. The summed E-state index contributed by atoms with van der Waals surface area (Å²) in [6.45, 7) is -0.0926. The molecular weight excluding hydrogens is 284 g/mol. The number of sulfonamides is 1. The van der Waals surface area contributed by atoms with Gasteiger partial charge in [0.25, 0.3) is 5.69 Å². The van der Waals surface area contributed by atoms with Gasteiger partial charge in [-0.15, -0.1) is 0 Å². The van der Waals surface area contributed by atoms with E-state index in [1.165, 1.54) is 37.6 Å². The van der Waals surface area contributed by atoms with Crippen LogP contribution in [0.15, 0.2) is 41.6 Å². The minimum atomic E-state index is -3.72. The van der Waals surface area contributed by atoms with Gasteiger partial charge in [-0.2, -0.15) is 9.40 Å². The molecule has 1 heterocycles. The van der Waals surface area contributed by atoms with E-state index in [-0.39, 0.29) is 17.1 Å². The molecule has 0 saturated carbocycles. The first-order valence-electron chi connectivity index (χ1n) is 5.60. The Morgan fingerprint density at radius 3 is 2.70 bits per heavy atom. The summed E-state index contributed by atoms with van der Waals surface area (Å²) in [6, 6.07) is 6.03. The first-order chi connectivity index (χ1) is 9.43. The summed E-state index contributed by atoms with van der Waals surface area (Å²) in [6.07, 6.45) is 2.44. The SMILES string of the molecule is CN(Cc1ccccc1[N+](=O)[O-])S(=O)(=O)c1cn[nH]c1. The Bertz CT molecular complexity index is 712. The van der Waals surface area contributed by atoms with E-state index in [1.807, 2.05) is 0 Å². The molecule has 0 aliphatic rings. The Morgan fingerprint density at radius 2 is 2.10 bits per heavy atom. The van der Waals surface area contributed by atoms with E-state index in [0.29, 0.717) is 5.56 Å². The molecule has 0 amide bonds. The maximum atomic E-state index is 12.2. The standard InChI is InChI=1S/C11H12N4O4S/c1-14(20(18,19)10-6-12-13-7-10)8-9-4-2-3-5-11(9)15(16)17/h2-7H,8H2,1H3,(H,12,13). The topological polar surface area (TPSA) is 109 Å². The zero-order valence-corrected chi connectivity index (χ0v) is 11.4. The van der Waals surface area contributed by atoms with Crippen LogP contribution in [0.2, 0.25) is 0 Å². The molecule has 0 fully saturated rings. The van der Waals surface area contributed by atoms with Gasteiger partial charge in [0.2, 0.25) is 10.0 Å². The highest BCUT2D eigenvalue weighted by Crippen LogP contribution is 2.22. The van der Waals surface area contributed by atoms with Gasteiger partial charge in [-0.05, 0) is 0 Å². The van der Waals surface area contributed by atoms with Crippen LogP contribution in [0.3, 0.4) is 0 Å². The largest absolute Gasteiger partial charge is 0.284 e. The van der Waals surface area contributed by atoms with E-state index in [0.717, 1.165) is 4.31 Å². The molecule has 0 spiro atoms. The number of nitro benzene ring substituents is 1. The molecule has 2 aromatic rings. The Labute approximate surface area is 115 Å². The van der Waals surface area contributed by atoms with Crippen molar-refractivity contribution < 1.29 is 13.3 Å². The monoisotopic (exact) mass is 296 g/mol. The average molecular weight is 296 g/mol. The van der Waals surface area contributed by atoms with Gasteiger partial charge in [-0.3, -0.25) is 15.2 Å². The van der Waals surface area contributed by atoms with Crippen molar-refractivity contribution >= 4 is 15.7 Å². The minimum Gasteiger partial charge on any atom is -0.284 e. The molecule has 2 rings (SSSR count). The number of nitrogens with one attached hydrogen (secondary N) is 1. The number of H-pyrrole nitrogens is 1. The number of aromatic amines is 1. The van der Waals surface area contributed by atoms with Crippen molar-refractivity contribution in [2.24, 2.45) is 0 Å². The summed E-state index contributed by atoms with van der Waals surface area (Å²) < 4.78 is 25.4. The van der Waals surface area contributed by atoms with E-state index < -0.39 is 14.9 Å². The second-order valence-electron chi connectivity index (χ2n) is 4.08. The van der Waals surface area contributed by atoms with Crippen molar-refractivity contribution in [3.63, 3.8) is 0 Å². The highest BCUT2D eigenvalue weighted by atomic mass is 32.2. The molecule has 0 unspecified atom stereocenters. The Morgan fingerprint density at radius 1 is 1.40 bits per heavy atom. The fourth-order valence-corrected chi connectivity index (χ4v) is 2.76. The van der Waals surface area contributed by atoms with Gasteiger partial charge in [0.1, 0.15) is 4.90 Å². The summed E-state index contributed by atoms with van der Waals surface area (Å²) >= 11 is 0. The summed E-state index contributed by atoms with van der Waals surface area (Å²) in [5.74, 6) is 0. The lowest BCUT2D eigenvalue weighted by molar-refractivity contribution is -0.385. The zero-order valence-electron chi connectivity index (χ0n) is 10.6. The predicted molar refractivity (Wildman–Crippen MR) is 70.3 cm³/mol. The number of hydrogen-bond donors (Lipinski definition) is 1. The molecule has 0 bridgehead atoms. The Balaban J connectivity index is 2.29. The molecule has 1 N–H and O–H groups in total. The first kappa shape index (κ1) is 14.2. The van der Waals surface area contributed by atoms with Crippen LogP contribution in [0.1, 0.15) is 5.56 Å². The maximum Gasteiger partial charge on any atom is 0.273 e. The van der Waals surface area contributed by atoms with Crippen molar-refractivity contribution in [2.75, 3.05) is 7.05 Å². The van der Waals surface area contributed by atoms with Crippen LogP contribution in [0.4, 0.5) is 5.69 Å². The van der Waals surface area contributed by atoms with Crippen molar-refractivity contribution in [1.82, 2.24) is 14.5 Å². The number of nitrogens with zero attached hydrogens (tertiary/aromatic N) is 3. The van der Waals surface area contributed by atoms with Crippen molar-refractivity contribution in [1.29, 1.82) is 0 Å². The molecule has 1 aromatic carbocycles. The molecule has 0 atom stereocenters. The molecule has 0 saturated heterocycles. The second-order valence-corrected chi connectivity index (χ2v) is 6.13. The summed E-state index contributed by atoms with van der Waals surface area (Å²) in [5, 5.41) is 16.9. The minimum absolute atomic E-state index is 0.0126. The third kappa shape index (κ3) is 2.68. The summed E-state index contributed by atoms with van der Waals surface area (Å²) in [7, 11) is -2.36. The van der Waals surface area contributed by atoms with Crippen LogP contribution in [0.25, 0.3) is 0 Å². The van der Waals surface area contributed by atoms with Gasteiger partial charge in [0.15, 0.2) is 0 Å². The van der Waals surface area contributed by atoms with E-state index in [1.54, 1.807) is 6.07 Å².